The average molecular weight is 268 g/mol. The summed E-state index contributed by atoms with van der Waals surface area (Å²) in [6, 6.07) is 5.15. The molecule has 0 heterocycles. The van der Waals surface area contributed by atoms with Crippen LogP contribution in [0.1, 0.15) is 19.4 Å². The summed E-state index contributed by atoms with van der Waals surface area (Å²) in [5.41, 5.74) is 1.08. The lowest BCUT2D eigenvalue weighted by Gasteiger charge is -2.30. The fourth-order valence-electron chi connectivity index (χ4n) is 2.02. The molecule has 1 N–H and O–H groups in total. The summed E-state index contributed by atoms with van der Waals surface area (Å²) in [4.78, 5) is 2.25. The summed E-state index contributed by atoms with van der Waals surface area (Å²) >= 11 is 0. The molecule has 0 amide bonds. The van der Waals surface area contributed by atoms with Crippen molar-refractivity contribution in [2.45, 2.75) is 25.8 Å². The highest BCUT2D eigenvalue weighted by atomic mass is 19.1. The Hall–Kier alpha value is -1.13. The van der Waals surface area contributed by atoms with Crippen LogP contribution < -0.4 is 10.1 Å². The molecule has 1 rings (SSSR count). The van der Waals surface area contributed by atoms with Crippen molar-refractivity contribution >= 4 is 0 Å². The molecule has 0 spiro atoms. The van der Waals surface area contributed by atoms with Gasteiger partial charge in [0.1, 0.15) is 0 Å². The van der Waals surface area contributed by atoms with E-state index in [1.165, 1.54) is 7.11 Å². The van der Waals surface area contributed by atoms with E-state index in [1.54, 1.807) is 12.1 Å². The summed E-state index contributed by atoms with van der Waals surface area (Å²) in [6.07, 6.45) is 0.831. The van der Waals surface area contributed by atoms with Crippen molar-refractivity contribution in [1.29, 1.82) is 0 Å². The first kappa shape index (κ1) is 15.9. The van der Waals surface area contributed by atoms with Gasteiger partial charge in [-0.25, -0.2) is 4.39 Å². The average Bonchev–Trinajstić information content (AvgIpc) is 2.36. The molecule has 108 valence electrons. The Kier molecular flexibility index (Phi) is 5.76. The second kappa shape index (κ2) is 6.87. The van der Waals surface area contributed by atoms with Gasteiger partial charge in [-0.15, -0.1) is 0 Å². The molecular weight excluding hydrogens is 243 g/mol. The second-order valence-electron chi connectivity index (χ2n) is 5.59. The van der Waals surface area contributed by atoms with Crippen molar-refractivity contribution < 1.29 is 9.13 Å². The van der Waals surface area contributed by atoms with Crippen LogP contribution in [0, 0.1) is 5.82 Å². The molecule has 0 bridgehead atoms. The Morgan fingerprint density at radius 1 is 1.37 bits per heavy atom. The van der Waals surface area contributed by atoms with Crippen LogP contribution in [0.5, 0.6) is 5.75 Å². The van der Waals surface area contributed by atoms with Crippen LogP contribution >= 0.6 is 0 Å². The highest BCUT2D eigenvalue weighted by Crippen LogP contribution is 2.18. The number of halogens is 1. The first-order valence-corrected chi connectivity index (χ1v) is 6.58. The normalized spacial score (nSPS) is 11.9. The van der Waals surface area contributed by atoms with Crippen molar-refractivity contribution in [3.63, 3.8) is 0 Å². The van der Waals surface area contributed by atoms with Gasteiger partial charge in [-0.05, 0) is 52.1 Å². The monoisotopic (exact) mass is 268 g/mol. The second-order valence-corrected chi connectivity index (χ2v) is 5.59. The van der Waals surface area contributed by atoms with Crippen LogP contribution in [-0.2, 0) is 6.42 Å². The SMILES string of the molecule is CNC(C)(C)CN(C)CCc1ccc(OC)c(F)c1. The zero-order chi connectivity index (χ0) is 14.5. The molecule has 0 unspecified atom stereocenters. The van der Waals surface area contributed by atoms with Gasteiger partial charge in [0, 0.05) is 18.6 Å². The third-order valence-electron chi connectivity index (χ3n) is 3.34. The van der Waals surface area contributed by atoms with Gasteiger partial charge in [-0.2, -0.15) is 0 Å². The Balaban J connectivity index is 2.50. The quantitative estimate of drug-likeness (QED) is 0.821. The molecule has 0 radical (unpaired) electrons. The van der Waals surface area contributed by atoms with Gasteiger partial charge in [-0.3, -0.25) is 0 Å². The van der Waals surface area contributed by atoms with Crippen molar-refractivity contribution in [2.24, 2.45) is 0 Å². The first-order valence-electron chi connectivity index (χ1n) is 6.58. The molecule has 0 aliphatic heterocycles. The molecule has 0 saturated carbocycles. The predicted molar refractivity (Wildman–Crippen MR) is 77.3 cm³/mol. The van der Waals surface area contributed by atoms with Gasteiger partial charge in [0.15, 0.2) is 11.6 Å². The van der Waals surface area contributed by atoms with E-state index >= 15 is 0 Å². The molecule has 1 aromatic rings. The Labute approximate surface area is 115 Å². The number of nitrogens with zero attached hydrogens (tertiary/aromatic N) is 1. The number of nitrogens with one attached hydrogen (secondary N) is 1. The van der Waals surface area contributed by atoms with Crippen LogP contribution in [0.2, 0.25) is 0 Å². The lowest BCUT2D eigenvalue weighted by Crippen LogP contribution is -2.46. The van der Waals surface area contributed by atoms with Gasteiger partial charge >= 0.3 is 0 Å². The molecule has 0 fully saturated rings. The maximum absolute atomic E-state index is 13.6. The Morgan fingerprint density at radius 2 is 2.05 bits per heavy atom. The van der Waals surface area contributed by atoms with E-state index in [4.69, 9.17) is 4.74 Å². The largest absolute Gasteiger partial charge is 0.494 e. The van der Waals surface area contributed by atoms with Crippen LogP contribution in [0.15, 0.2) is 18.2 Å². The smallest absolute Gasteiger partial charge is 0.165 e. The van der Waals surface area contributed by atoms with Crippen molar-refractivity contribution in [2.75, 3.05) is 34.3 Å². The minimum Gasteiger partial charge on any atom is -0.494 e. The highest BCUT2D eigenvalue weighted by molar-refractivity contribution is 5.29. The van der Waals surface area contributed by atoms with E-state index in [-0.39, 0.29) is 11.4 Å². The minimum absolute atomic E-state index is 0.0832. The number of hydrogen-bond acceptors (Lipinski definition) is 3. The molecular formula is C15H25FN2O. The molecule has 0 aromatic heterocycles. The zero-order valence-corrected chi connectivity index (χ0v) is 12.6. The number of likely N-dealkylation sites (N-methyl/N-ethyl adjacent to an activating group) is 2. The first-order chi connectivity index (χ1) is 8.88. The topological polar surface area (TPSA) is 24.5 Å². The molecule has 0 aliphatic carbocycles. The van der Waals surface area contributed by atoms with Crippen LogP contribution in [-0.4, -0.2) is 44.7 Å². The van der Waals surface area contributed by atoms with E-state index in [9.17, 15) is 4.39 Å². The maximum Gasteiger partial charge on any atom is 0.165 e. The number of rotatable bonds is 7. The number of ether oxygens (including phenoxy) is 1. The van der Waals surface area contributed by atoms with E-state index < -0.39 is 0 Å². The molecule has 1 aromatic carbocycles. The maximum atomic E-state index is 13.6. The molecule has 0 aliphatic rings. The van der Waals surface area contributed by atoms with Crippen molar-refractivity contribution in [3.8, 4) is 5.75 Å². The number of hydrogen-bond donors (Lipinski definition) is 1. The van der Waals surface area contributed by atoms with Gasteiger partial charge < -0.3 is 15.0 Å². The third kappa shape index (κ3) is 5.17. The van der Waals surface area contributed by atoms with E-state index in [2.05, 4.69) is 31.1 Å². The minimum atomic E-state index is -0.293. The van der Waals surface area contributed by atoms with E-state index in [0.717, 1.165) is 25.1 Å². The standard InChI is InChI=1S/C15H25FN2O/c1-15(2,17-3)11-18(4)9-8-12-6-7-14(19-5)13(16)10-12/h6-7,10,17H,8-9,11H2,1-5H3. The van der Waals surface area contributed by atoms with E-state index in [0.29, 0.717) is 5.75 Å². The van der Waals surface area contributed by atoms with Crippen LogP contribution in [0.4, 0.5) is 4.39 Å². The molecule has 19 heavy (non-hydrogen) atoms. The van der Waals surface area contributed by atoms with Gasteiger partial charge in [0.05, 0.1) is 7.11 Å². The summed E-state index contributed by atoms with van der Waals surface area (Å²) < 4.78 is 18.5. The van der Waals surface area contributed by atoms with Crippen molar-refractivity contribution in [3.05, 3.63) is 29.6 Å². The molecule has 3 nitrogen and oxygen atoms in total. The van der Waals surface area contributed by atoms with Gasteiger partial charge in [0.2, 0.25) is 0 Å². The zero-order valence-electron chi connectivity index (χ0n) is 12.6. The third-order valence-corrected chi connectivity index (χ3v) is 3.34. The molecule has 0 saturated heterocycles. The Morgan fingerprint density at radius 3 is 2.58 bits per heavy atom. The number of benzene rings is 1. The van der Waals surface area contributed by atoms with E-state index in [1.807, 2.05) is 13.1 Å². The summed E-state index contributed by atoms with van der Waals surface area (Å²) in [7, 11) is 5.53. The number of methoxy groups -OCH3 is 1. The lowest BCUT2D eigenvalue weighted by molar-refractivity contribution is 0.246. The van der Waals surface area contributed by atoms with Gasteiger partial charge in [-0.1, -0.05) is 6.07 Å². The van der Waals surface area contributed by atoms with Gasteiger partial charge in [0.25, 0.3) is 0 Å². The highest BCUT2D eigenvalue weighted by Gasteiger charge is 2.17. The molecule has 4 heteroatoms. The molecule has 0 atom stereocenters. The van der Waals surface area contributed by atoms with Crippen LogP contribution in [0.25, 0.3) is 0 Å². The predicted octanol–water partition coefficient (Wildman–Crippen LogP) is 2.31. The van der Waals surface area contributed by atoms with Crippen molar-refractivity contribution in [1.82, 2.24) is 10.2 Å². The fourth-order valence-corrected chi connectivity index (χ4v) is 2.02. The summed E-state index contributed by atoms with van der Waals surface area (Å²) in [5.74, 6) is 0.00614. The fraction of sp³-hybridized carbons (Fsp3) is 0.600. The van der Waals surface area contributed by atoms with Crippen LogP contribution in [0.3, 0.4) is 0 Å². The Bertz CT molecular complexity index is 407. The lowest BCUT2D eigenvalue weighted by atomic mass is 10.1. The summed E-state index contributed by atoms with van der Waals surface area (Å²) in [6.45, 7) is 6.17. The summed E-state index contributed by atoms with van der Waals surface area (Å²) in [5, 5.41) is 3.28.